The second-order valence-electron chi connectivity index (χ2n) is 9.26. The van der Waals surface area contributed by atoms with Gasteiger partial charge in [0, 0.05) is 42.8 Å². The summed E-state index contributed by atoms with van der Waals surface area (Å²) >= 11 is 5.77. The van der Waals surface area contributed by atoms with Crippen molar-refractivity contribution in [1.82, 2.24) is 19.8 Å². The monoisotopic (exact) mass is 491 g/mol. The number of pyridine rings is 1. The third-order valence-electron chi connectivity index (χ3n) is 6.99. The molecule has 3 aromatic rings. The van der Waals surface area contributed by atoms with Crippen molar-refractivity contribution in [3.05, 3.63) is 84.2 Å². The second-order valence-corrected chi connectivity index (χ2v) is 9.64. The lowest BCUT2D eigenvalue weighted by Gasteiger charge is -2.32. The number of hydrogen-bond acceptors (Lipinski definition) is 3. The molecule has 2 fully saturated rings. The van der Waals surface area contributed by atoms with E-state index < -0.39 is 0 Å². The Bertz CT molecular complexity index is 1160. The Morgan fingerprint density at radius 3 is 2.63 bits per heavy atom. The van der Waals surface area contributed by atoms with Crippen LogP contribution >= 0.6 is 12.2 Å². The molecule has 1 saturated heterocycles. The number of anilines is 1. The van der Waals surface area contributed by atoms with Crippen LogP contribution in [0.4, 0.5) is 10.1 Å². The molecule has 2 atom stereocenters. The molecule has 0 bridgehead atoms. The summed E-state index contributed by atoms with van der Waals surface area (Å²) in [7, 11) is 0. The van der Waals surface area contributed by atoms with E-state index in [1.165, 1.54) is 49.9 Å². The molecule has 5 rings (SSSR count). The molecule has 1 saturated carbocycles. The number of carbonyl (C=O) groups is 1. The smallest absolute Gasteiger partial charge is 0.226 e. The quantitative estimate of drug-likeness (QED) is 0.426. The maximum Gasteiger partial charge on any atom is 0.226 e. The minimum absolute atomic E-state index is 0.0760. The van der Waals surface area contributed by atoms with Crippen LogP contribution in [-0.2, 0) is 4.79 Å². The van der Waals surface area contributed by atoms with E-state index in [0.29, 0.717) is 23.4 Å². The Kier molecular flexibility index (Phi) is 7.08. The summed E-state index contributed by atoms with van der Waals surface area (Å²) in [5.41, 5.74) is 2.70. The van der Waals surface area contributed by atoms with Crippen LogP contribution in [-0.4, -0.2) is 32.0 Å². The molecule has 1 aromatic carbocycles. The number of thiocarbonyl (C=S) groups is 1. The molecule has 35 heavy (non-hydrogen) atoms. The highest BCUT2D eigenvalue weighted by molar-refractivity contribution is 7.80. The maximum absolute atomic E-state index is 13.2. The van der Waals surface area contributed by atoms with E-state index >= 15 is 0 Å². The number of amides is 1. The first-order valence-corrected chi connectivity index (χ1v) is 12.7. The van der Waals surface area contributed by atoms with Crippen molar-refractivity contribution in [2.24, 2.45) is 0 Å². The van der Waals surface area contributed by atoms with Gasteiger partial charge in [-0.25, -0.2) is 4.39 Å². The molecule has 2 N–H and O–H groups in total. The lowest BCUT2D eigenvalue weighted by molar-refractivity contribution is -0.116. The summed E-state index contributed by atoms with van der Waals surface area (Å²) in [6, 6.07) is 16.3. The fraction of sp³-hybridized carbons (Fsp3) is 0.370. The van der Waals surface area contributed by atoms with Crippen LogP contribution in [0.25, 0.3) is 0 Å². The molecule has 0 unspecified atom stereocenters. The first kappa shape index (κ1) is 23.5. The summed E-state index contributed by atoms with van der Waals surface area (Å²) in [4.78, 5) is 19.4. The lowest BCUT2D eigenvalue weighted by atomic mass is 9.94. The van der Waals surface area contributed by atoms with E-state index in [9.17, 15) is 9.18 Å². The van der Waals surface area contributed by atoms with E-state index in [1.807, 2.05) is 18.2 Å². The van der Waals surface area contributed by atoms with Crippen LogP contribution in [0, 0.1) is 5.82 Å². The predicted molar refractivity (Wildman–Crippen MR) is 138 cm³/mol. The van der Waals surface area contributed by atoms with Gasteiger partial charge in [0.2, 0.25) is 5.91 Å². The summed E-state index contributed by atoms with van der Waals surface area (Å²) in [6.07, 6.45) is 10.4. The summed E-state index contributed by atoms with van der Waals surface area (Å²) in [5, 5.41) is 6.95. The van der Waals surface area contributed by atoms with Gasteiger partial charge >= 0.3 is 0 Å². The fourth-order valence-electron chi connectivity index (χ4n) is 5.30. The Balaban J connectivity index is 1.39. The van der Waals surface area contributed by atoms with Crippen LogP contribution in [0.3, 0.4) is 0 Å². The average Bonchev–Trinajstić information content (AvgIpc) is 3.49. The minimum atomic E-state index is -0.333. The zero-order valence-electron chi connectivity index (χ0n) is 19.6. The van der Waals surface area contributed by atoms with E-state index in [2.05, 4.69) is 43.4 Å². The van der Waals surface area contributed by atoms with E-state index in [4.69, 9.17) is 12.2 Å². The number of benzene rings is 1. The molecule has 2 aromatic heterocycles. The largest absolute Gasteiger partial charge is 0.352 e. The maximum atomic E-state index is 13.2. The van der Waals surface area contributed by atoms with Crippen molar-refractivity contribution >= 4 is 28.9 Å². The first-order chi connectivity index (χ1) is 17.1. The molecule has 6 nitrogen and oxygen atoms in total. The SMILES string of the molecule is O=C(CCN1C(=S)N[C@H](c2ccccn2)[C@@H]1c1cccn1C1CCCCC1)Nc1ccc(F)cc1. The summed E-state index contributed by atoms with van der Waals surface area (Å²) < 4.78 is 15.6. The third kappa shape index (κ3) is 5.22. The number of hydrogen-bond donors (Lipinski definition) is 2. The van der Waals surface area contributed by atoms with Crippen LogP contribution in [0.15, 0.2) is 67.0 Å². The predicted octanol–water partition coefficient (Wildman–Crippen LogP) is 5.53. The minimum Gasteiger partial charge on any atom is -0.352 e. The molecule has 8 heteroatoms. The lowest BCUT2D eigenvalue weighted by Crippen LogP contribution is -2.33. The number of aromatic nitrogens is 2. The highest BCUT2D eigenvalue weighted by Gasteiger charge is 2.41. The average molecular weight is 492 g/mol. The molecule has 0 radical (unpaired) electrons. The molecule has 2 aliphatic rings. The van der Waals surface area contributed by atoms with Crippen molar-refractivity contribution in [3.8, 4) is 0 Å². The topological polar surface area (TPSA) is 62.2 Å². The Morgan fingerprint density at radius 2 is 1.89 bits per heavy atom. The van der Waals surface area contributed by atoms with Gasteiger partial charge < -0.3 is 20.1 Å². The molecule has 3 heterocycles. The summed E-state index contributed by atoms with van der Waals surface area (Å²) in [5.74, 6) is -0.469. The zero-order valence-corrected chi connectivity index (χ0v) is 20.4. The van der Waals surface area contributed by atoms with Gasteiger partial charge in [-0.2, -0.15) is 0 Å². The second kappa shape index (κ2) is 10.6. The van der Waals surface area contributed by atoms with E-state index in [0.717, 1.165) is 5.69 Å². The zero-order chi connectivity index (χ0) is 24.2. The Labute approximate surface area is 210 Å². The third-order valence-corrected chi connectivity index (χ3v) is 7.34. The van der Waals surface area contributed by atoms with Gasteiger partial charge in [-0.05, 0) is 73.6 Å². The van der Waals surface area contributed by atoms with Gasteiger partial charge in [-0.15, -0.1) is 0 Å². The molecule has 1 aliphatic carbocycles. The number of nitrogens with one attached hydrogen (secondary N) is 2. The van der Waals surface area contributed by atoms with E-state index in [1.54, 1.807) is 18.3 Å². The number of halogens is 1. The normalized spacial score (nSPS) is 20.6. The highest BCUT2D eigenvalue weighted by atomic mass is 32.1. The molecular formula is C27H30FN5OS. The van der Waals surface area contributed by atoms with Gasteiger partial charge in [0.25, 0.3) is 0 Å². The van der Waals surface area contributed by atoms with Gasteiger partial charge in [-0.1, -0.05) is 25.3 Å². The van der Waals surface area contributed by atoms with Gasteiger partial charge in [-0.3, -0.25) is 9.78 Å². The number of carbonyl (C=O) groups excluding carboxylic acids is 1. The van der Waals surface area contributed by atoms with Crippen LogP contribution in [0.1, 0.15) is 68.0 Å². The van der Waals surface area contributed by atoms with Crippen molar-refractivity contribution in [2.45, 2.75) is 56.7 Å². The molecular weight excluding hydrogens is 461 g/mol. The molecule has 1 aliphatic heterocycles. The van der Waals surface area contributed by atoms with Crippen molar-refractivity contribution in [3.63, 3.8) is 0 Å². The number of rotatable bonds is 7. The van der Waals surface area contributed by atoms with Crippen LogP contribution in [0.2, 0.25) is 0 Å². The standard InChI is InChI=1S/C27H30FN5OS/c28-19-11-13-20(14-12-19)30-24(34)15-18-33-26(25(31-27(33)35)22-9-4-5-16-29-22)23-10-6-17-32(23)21-7-2-1-3-8-21/h4-6,9-14,16-17,21,25-26H,1-3,7-8,15,18H2,(H,30,34)(H,31,35)/t25-,26+/m1/s1. The van der Waals surface area contributed by atoms with Crippen molar-refractivity contribution in [1.29, 1.82) is 0 Å². The van der Waals surface area contributed by atoms with Crippen LogP contribution in [0.5, 0.6) is 0 Å². The highest BCUT2D eigenvalue weighted by Crippen LogP contribution is 2.41. The number of nitrogens with zero attached hydrogens (tertiary/aromatic N) is 3. The Morgan fingerprint density at radius 1 is 1.09 bits per heavy atom. The van der Waals surface area contributed by atoms with Gasteiger partial charge in [0.15, 0.2) is 5.11 Å². The first-order valence-electron chi connectivity index (χ1n) is 12.3. The fourth-order valence-corrected chi connectivity index (χ4v) is 5.63. The molecule has 0 spiro atoms. The van der Waals surface area contributed by atoms with Crippen molar-refractivity contribution < 1.29 is 9.18 Å². The van der Waals surface area contributed by atoms with Gasteiger partial charge in [0.1, 0.15) is 5.82 Å². The van der Waals surface area contributed by atoms with Gasteiger partial charge in [0.05, 0.1) is 17.8 Å². The summed E-state index contributed by atoms with van der Waals surface area (Å²) in [6.45, 7) is 0.461. The molecule has 1 amide bonds. The molecule has 182 valence electrons. The van der Waals surface area contributed by atoms with E-state index in [-0.39, 0.29) is 30.2 Å². The van der Waals surface area contributed by atoms with Crippen molar-refractivity contribution in [2.75, 3.05) is 11.9 Å². The van der Waals surface area contributed by atoms with Crippen LogP contribution < -0.4 is 10.6 Å². The Hall–Kier alpha value is -3.26.